The number of benzene rings is 1. The topological polar surface area (TPSA) is 63.9 Å². The van der Waals surface area contributed by atoms with E-state index in [1.165, 1.54) is 33.5 Å². The molecule has 1 aromatic heterocycles. The van der Waals surface area contributed by atoms with E-state index >= 15 is 0 Å². The lowest BCUT2D eigenvalue weighted by Gasteiger charge is -2.15. The van der Waals surface area contributed by atoms with Gasteiger partial charge >= 0.3 is 0 Å². The summed E-state index contributed by atoms with van der Waals surface area (Å²) >= 11 is 1.23. The van der Waals surface area contributed by atoms with E-state index in [0.717, 1.165) is 0 Å². The quantitative estimate of drug-likeness (QED) is 0.797. The van der Waals surface area contributed by atoms with E-state index in [0.29, 0.717) is 10.8 Å². The highest BCUT2D eigenvalue weighted by Gasteiger charge is 2.20. The van der Waals surface area contributed by atoms with Crippen molar-refractivity contribution in [2.24, 2.45) is 0 Å². The van der Waals surface area contributed by atoms with E-state index in [4.69, 9.17) is 0 Å². The highest BCUT2D eigenvalue weighted by molar-refractivity contribution is 8.00. The van der Waals surface area contributed by atoms with Gasteiger partial charge in [-0.3, -0.25) is 4.79 Å². The molecule has 0 spiro atoms. The number of rotatable bonds is 4. The van der Waals surface area contributed by atoms with Gasteiger partial charge in [0.15, 0.2) is 0 Å². The summed E-state index contributed by atoms with van der Waals surface area (Å²) in [5.74, 6) is -0.407. The van der Waals surface area contributed by atoms with E-state index in [1.807, 2.05) is 0 Å². The molecule has 0 radical (unpaired) electrons. The number of tetrazole rings is 1. The second-order valence-electron chi connectivity index (χ2n) is 4.35. The van der Waals surface area contributed by atoms with Crippen molar-refractivity contribution in [1.29, 1.82) is 0 Å². The van der Waals surface area contributed by atoms with Crippen molar-refractivity contribution in [1.82, 2.24) is 25.1 Å². The number of aromatic nitrogens is 4. The summed E-state index contributed by atoms with van der Waals surface area (Å²) in [6, 6.07) is 5.95. The molecule has 0 fully saturated rings. The molecular weight excluding hydrogens is 281 g/mol. The van der Waals surface area contributed by atoms with E-state index in [2.05, 4.69) is 15.5 Å². The Bertz CT molecular complexity index is 615. The maximum Gasteiger partial charge on any atom is 0.235 e. The Morgan fingerprint density at radius 2 is 2.20 bits per heavy atom. The summed E-state index contributed by atoms with van der Waals surface area (Å²) in [5, 5.41) is 11.4. The number of carbonyl (C=O) groups is 1. The van der Waals surface area contributed by atoms with Gasteiger partial charge in [0.25, 0.3) is 0 Å². The number of carbonyl (C=O) groups excluding carboxylic acids is 1. The predicted octanol–water partition coefficient (Wildman–Crippen LogP) is 1.37. The van der Waals surface area contributed by atoms with Gasteiger partial charge in [0.1, 0.15) is 5.82 Å². The maximum absolute atomic E-state index is 13.2. The molecule has 0 unspecified atom stereocenters. The lowest BCUT2D eigenvalue weighted by Crippen LogP contribution is -2.29. The molecule has 0 aliphatic heterocycles. The minimum atomic E-state index is -0.369. The van der Waals surface area contributed by atoms with Crippen molar-refractivity contribution >= 4 is 17.7 Å². The minimum Gasteiger partial charge on any atom is -0.348 e. The molecule has 0 bridgehead atoms. The van der Waals surface area contributed by atoms with Crippen LogP contribution >= 0.6 is 11.8 Å². The Morgan fingerprint density at radius 1 is 1.45 bits per heavy atom. The average Bonchev–Trinajstić information content (AvgIpc) is 2.85. The second kappa shape index (κ2) is 6.00. The molecule has 0 saturated heterocycles. The average molecular weight is 295 g/mol. The van der Waals surface area contributed by atoms with Gasteiger partial charge in [-0.2, -0.15) is 4.68 Å². The van der Waals surface area contributed by atoms with Crippen LogP contribution in [0.3, 0.4) is 0 Å². The maximum atomic E-state index is 13.2. The highest BCUT2D eigenvalue weighted by Crippen LogP contribution is 2.23. The Kier molecular flexibility index (Phi) is 4.33. The molecule has 1 heterocycles. The molecule has 1 amide bonds. The van der Waals surface area contributed by atoms with Crippen LogP contribution in [0.4, 0.5) is 4.39 Å². The van der Waals surface area contributed by atoms with E-state index in [9.17, 15) is 9.18 Å². The fraction of sp³-hybridized carbons (Fsp3) is 0.333. The van der Waals surface area contributed by atoms with Crippen molar-refractivity contribution in [2.45, 2.75) is 17.3 Å². The third-order valence-corrected chi connectivity index (χ3v) is 3.58. The molecule has 0 N–H and O–H groups in total. The molecule has 20 heavy (non-hydrogen) atoms. The third-order valence-electron chi connectivity index (χ3n) is 2.56. The van der Waals surface area contributed by atoms with Gasteiger partial charge in [0.05, 0.1) is 10.9 Å². The smallest absolute Gasteiger partial charge is 0.235 e. The zero-order valence-corrected chi connectivity index (χ0v) is 12.1. The first kappa shape index (κ1) is 14.4. The molecule has 0 aliphatic rings. The number of amides is 1. The van der Waals surface area contributed by atoms with Gasteiger partial charge in [-0.05, 0) is 35.5 Å². The van der Waals surface area contributed by atoms with Gasteiger partial charge in [0.2, 0.25) is 11.1 Å². The number of thioether (sulfide) groups is 1. The first-order valence-electron chi connectivity index (χ1n) is 5.91. The van der Waals surface area contributed by atoms with Gasteiger partial charge in [0, 0.05) is 14.1 Å². The van der Waals surface area contributed by atoms with Crippen molar-refractivity contribution in [2.75, 3.05) is 14.1 Å². The zero-order valence-electron chi connectivity index (χ0n) is 11.3. The fourth-order valence-corrected chi connectivity index (χ4v) is 2.55. The third kappa shape index (κ3) is 3.13. The van der Waals surface area contributed by atoms with Gasteiger partial charge in [-0.1, -0.05) is 17.8 Å². The number of hydrogen-bond donors (Lipinski definition) is 0. The summed E-state index contributed by atoms with van der Waals surface area (Å²) in [5.41, 5.74) is 0.516. The standard InChI is InChI=1S/C12H14FN5OS/c1-8(11(19)17(2)3)20-12-14-15-16-18(12)10-6-4-5-9(13)7-10/h4-8H,1-3H3/t8-/m0/s1. The second-order valence-corrected chi connectivity index (χ2v) is 5.65. The van der Waals surface area contributed by atoms with Crippen molar-refractivity contribution < 1.29 is 9.18 Å². The number of halogens is 1. The van der Waals surface area contributed by atoms with Crippen LogP contribution in [0.25, 0.3) is 5.69 Å². The molecule has 8 heteroatoms. The molecule has 0 saturated carbocycles. The van der Waals surface area contributed by atoms with Crippen LogP contribution < -0.4 is 0 Å². The van der Waals surface area contributed by atoms with Crippen LogP contribution in [0.5, 0.6) is 0 Å². The monoisotopic (exact) mass is 295 g/mol. The van der Waals surface area contributed by atoms with Crippen LogP contribution in [0.15, 0.2) is 29.4 Å². The van der Waals surface area contributed by atoms with Crippen molar-refractivity contribution in [3.05, 3.63) is 30.1 Å². The minimum absolute atomic E-state index is 0.0382. The lowest BCUT2D eigenvalue weighted by molar-refractivity contribution is -0.127. The molecule has 106 valence electrons. The van der Waals surface area contributed by atoms with Crippen LogP contribution in [0.2, 0.25) is 0 Å². The van der Waals surface area contributed by atoms with E-state index in [-0.39, 0.29) is 17.0 Å². The van der Waals surface area contributed by atoms with Crippen LogP contribution in [-0.2, 0) is 4.79 Å². The molecule has 2 rings (SSSR count). The normalized spacial score (nSPS) is 12.2. The lowest BCUT2D eigenvalue weighted by atomic mass is 10.3. The molecule has 6 nitrogen and oxygen atoms in total. The Balaban J connectivity index is 2.23. The van der Waals surface area contributed by atoms with E-state index in [1.54, 1.807) is 33.2 Å². The SMILES string of the molecule is C[C@H](Sc1nnnn1-c1cccc(F)c1)C(=O)N(C)C. The Hall–Kier alpha value is -1.96. The molecular formula is C12H14FN5OS. The highest BCUT2D eigenvalue weighted by atomic mass is 32.2. The summed E-state index contributed by atoms with van der Waals surface area (Å²) in [6.45, 7) is 1.78. The van der Waals surface area contributed by atoms with Gasteiger partial charge < -0.3 is 4.90 Å². The summed E-state index contributed by atoms with van der Waals surface area (Å²) < 4.78 is 14.6. The Labute approximate surface area is 120 Å². The molecule has 1 aromatic carbocycles. The number of hydrogen-bond acceptors (Lipinski definition) is 5. The Morgan fingerprint density at radius 3 is 2.85 bits per heavy atom. The summed E-state index contributed by atoms with van der Waals surface area (Å²) in [4.78, 5) is 13.3. The van der Waals surface area contributed by atoms with Crippen LogP contribution in [-0.4, -0.2) is 50.4 Å². The zero-order chi connectivity index (χ0) is 14.7. The fourth-order valence-electron chi connectivity index (χ4n) is 1.59. The predicted molar refractivity (Wildman–Crippen MR) is 73.1 cm³/mol. The van der Waals surface area contributed by atoms with E-state index < -0.39 is 0 Å². The molecule has 0 aliphatic carbocycles. The summed E-state index contributed by atoms with van der Waals surface area (Å²) in [7, 11) is 3.38. The van der Waals surface area contributed by atoms with Gasteiger partial charge in [-0.25, -0.2) is 4.39 Å². The van der Waals surface area contributed by atoms with Crippen LogP contribution in [0.1, 0.15) is 6.92 Å². The first-order valence-corrected chi connectivity index (χ1v) is 6.79. The van der Waals surface area contributed by atoms with Crippen molar-refractivity contribution in [3.8, 4) is 5.69 Å². The summed E-state index contributed by atoms with van der Waals surface area (Å²) in [6.07, 6.45) is 0. The molecule has 1 atom stereocenters. The largest absolute Gasteiger partial charge is 0.348 e. The van der Waals surface area contributed by atoms with Crippen molar-refractivity contribution in [3.63, 3.8) is 0 Å². The van der Waals surface area contributed by atoms with Crippen LogP contribution in [0, 0.1) is 5.82 Å². The van der Waals surface area contributed by atoms with Gasteiger partial charge in [-0.15, -0.1) is 5.10 Å². The number of nitrogens with zero attached hydrogens (tertiary/aromatic N) is 5. The first-order chi connectivity index (χ1) is 9.49. The molecule has 2 aromatic rings.